The maximum Gasteiger partial charge on any atom is 0.261 e. The summed E-state index contributed by atoms with van der Waals surface area (Å²) in [5, 5.41) is 1.10. The quantitative estimate of drug-likeness (QED) is 0.244. The highest BCUT2D eigenvalue weighted by molar-refractivity contribution is 7.92. The fourth-order valence-electron chi connectivity index (χ4n) is 5.04. The van der Waals surface area contributed by atoms with Gasteiger partial charge in [-0.3, -0.25) is 4.72 Å². The van der Waals surface area contributed by atoms with E-state index >= 15 is 0 Å². The number of sulfonamides is 1. The second-order valence-corrected chi connectivity index (χ2v) is 13.2. The van der Waals surface area contributed by atoms with Crippen molar-refractivity contribution in [2.45, 2.75) is 78.0 Å². The Morgan fingerprint density at radius 3 is 2.14 bits per heavy atom. The van der Waals surface area contributed by atoms with Gasteiger partial charge < -0.3 is 4.90 Å². The zero-order chi connectivity index (χ0) is 30.7. The summed E-state index contributed by atoms with van der Waals surface area (Å²) in [6, 6.07) is 22.3. The van der Waals surface area contributed by atoms with E-state index in [1.165, 1.54) is 32.1 Å². The summed E-state index contributed by atoms with van der Waals surface area (Å²) in [4.78, 5) is 11.1. The fourth-order valence-corrected chi connectivity index (χ4v) is 6.09. The zero-order valence-electron chi connectivity index (χ0n) is 26.4. The standard InChI is InChI=1S/C15H17NO2S.C11H13N3.C9H18/c1-3-13-5-4-6-14(11-13)16-19(17,18)15-9-7-12(2)8-10-15;1-8-12-10-7-5-4-6-9(10)11(13-8)14(2)3;1-3-9-6-4-8(2)5-7-9/h4-11,16H,3H2,1-2H3;4-7H,1-3H3;8-9H,3-7H2,1-2H3. The number of anilines is 2. The van der Waals surface area contributed by atoms with Gasteiger partial charge in [0.2, 0.25) is 0 Å². The van der Waals surface area contributed by atoms with E-state index in [4.69, 9.17) is 0 Å². The molecule has 0 aliphatic heterocycles. The van der Waals surface area contributed by atoms with Crippen molar-refractivity contribution in [3.63, 3.8) is 0 Å². The Morgan fingerprint density at radius 2 is 1.52 bits per heavy atom. The molecule has 1 fully saturated rings. The Labute approximate surface area is 253 Å². The predicted octanol–water partition coefficient (Wildman–Crippen LogP) is 8.59. The molecule has 1 saturated carbocycles. The third-order valence-corrected chi connectivity index (χ3v) is 9.15. The van der Waals surface area contributed by atoms with Crippen LogP contribution in [-0.4, -0.2) is 32.5 Å². The van der Waals surface area contributed by atoms with Gasteiger partial charge in [0.25, 0.3) is 10.0 Å². The number of rotatable bonds is 6. The third kappa shape index (κ3) is 9.83. The number of nitrogens with one attached hydrogen (secondary N) is 1. The first kappa shape index (κ1) is 33.1. The summed E-state index contributed by atoms with van der Waals surface area (Å²) in [7, 11) is 0.483. The first-order valence-corrected chi connectivity index (χ1v) is 16.6. The summed E-state index contributed by atoms with van der Waals surface area (Å²) in [5.74, 6) is 3.88. The van der Waals surface area contributed by atoms with Gasteiger partial charge in [0, 0.05) is 25.2 Å². The average molecular weight is 589 g/mol. The molecule has 1 aromatic heterocycles. The van der Waals surface area contributed by atoms with Gasteiger partial charge in [-0.2, -0.15) is 0 Å². The minimum Gasteiger partial charge on any atom is -0.362 e. The Kier molecular flexibility index (Phi) is 12.3. The van der Waals surface area contributed by atoms with Crippen LogP contribution in [0.1, 0.15) is 69.8 Å². The molecule has 0 saturated heterocycles. The van der Waals surface area contributed by atoms with Crippen molar-refractivity contribution in [2.75, 3.05) is 23.7 Å². The molecule has 5 rings (SSSR count). The summed E-state index contributed by atoms with van der Waals surface area (Å²) in [6.07, 6.45) is 8.25. The van der Waals surface area contributed by atoms with E-state index in [1.54, 1.807) is 30.3 Å². The molecule has 3 aromatic carbocycles. The molecule has 0 amide bonds. The highest BCUT2D eigenvalue weighted by Gasteiger charge is 2.16. The topological polar surface area (TPSA) is 75.2 Å². The van der Waals surface area contributed by atoms with Crippen molar-refractivity contribution in [1.82, 2.24) is 9.97 Å². The highest BCUT2D eigenvalue weighted by atomic mass is 32.2. The summed E-state index contributed by atoms with van der Waals surface area (Å²) in [6.45, 7) is 10.6. The van der Waals surface area contributed by atoms with E-state index < -0.39 is 10.0 Å². The lowest BCUT2D eigenvalue weighted by molar-refractivity contribution is 0.284. The van der Waals surface area contributed by atoms with Crippen molar-refractivity contribution in [1.29, 1.82) is 0 Å². The monoisotopic (exact) mass is 588 g/mol. The second kappa shape index (κ2) is 15.7. The molecule has 226 valence electrons. The summed E-state index contributed by atoms with van der Waals surface area (Å²) >= 11 is 0. The molecule has 7 heteroatoms. The highest BCUT2D eigenvalue weighted by Crippen LogP contribution is 2.29. The molecular formula is C35H48N4O2S. The molecule has 1 heterocycles. The van der Waals surface area contributed by atoms with Crippen molar-refractivity contribution < 1.29 is 8.42 Å². The molecule has 4 aromatic rings. The normalized spacial score (nSPS) is 16.5. The third-order valence-electron chi connectivity index (χ3n) is 7.75. The lowest BCUT2D eigenvalue weighted by Gasteiger charge is -2.24. The molecule has 0 atom stereocenters. The van der Waals surface area contributed by atoms with E-state index in [0.717, 1.165) is 51.9 Å². The van der Waals surface area contributed by atoms with Gasteiger partial charge >= 0.3 is 0 Å². The predicted molar refractivity (Wildman–Crippen MR) is 178 cm³/mol. The number of benzene rings is 3. The van der Waals surface area contributed by atoms with Gasteiger partial charge in [-0.1, -0.05) is 94.8 Å². The van der Waals surface area contributed by atoms with E-state index in [0.29, 0.717) is 5.69 Å². The zero-order valence-corrected chi connectivity index (χ0v) is 27.2. The van der Waals surface area contributed by atoms with Crippen LogP contribution in [0.4, 0.5) is 11.5 Å². The van der Waals surface area contributed by atoms with Crippen LogP contribution in [0.2, 0.25) is 0 Å². The van der Waals surface area contributed by atoms with E-state index in [9.17, 15) is 8.42 Å². The Hall–Kier alpha value is -3.45. The maximum atomic E-state index is 12.2. The number of hydrogen-bond acceptors (Lipinski definition) is 5. The van der Waals surface area contributed by atoms with Crippen LogP contribution in [0, 0.1) is 25.7 Å². The van der Waals surface area contributed by atoms with Crippen molar-refractivity contribution in [3.8, 4) is 0 Å². The molecule has 1 aliphatic carbocycles. The number of aryl methyl sites for hydroxylation is 3. The van der Waals surface area contributed by atoms with Crippen LogP contribution in [0.15, 0.2) is 77.7 Å². The number of hydrogen-bond donors (Lipinski definition) is 1. The van der Waals surface area contributed by atoms with Crippen LogP contribution >= 0.6 is 0 Å². The summed E-state index contributed by atoms with van der Waals surface area (Å²) < 4.78 is 27.0. The molecule has 6 nitrogen and oxygen atoms in total. The SMILES string of the molecule is CCC1CCC(C)CC1.CCc1cccc(NS(=O)(=O)c2ccc(C)cc2)c1.Cc1nc(N(C)C)c2ccccc2n1. The molecule has 1 aliphatic rings. The number of aromatic nitrogens is 2. The van der Waals surface area contributed by atoms with E-state index in [1.807, 2.05) is 82.2 Å². The first-order chi connectivity index (χ1) is 20.0. The lowest BCUT2D eigenvalue weighted by atomic mass is 9.82. The van der Waals surface area contributed by atoms with Crippen LogP contribution in [0.3, 0.4) is 0 Å². The number of fused-ring (bicyclic) bond motifs is 1. The van der Waals surface area contributed by atoms with Gasteiger partial charge in [0.1, 0.15) is 11.6 Å². The molecule has 1 N–H and O–H groups in total. The van der Waals surface area contributed by atoms with Crippen molar-refractivity contribution >= 4 is 32.4 Å². The van der Waals surface area contributed by atoms with E-state index in [2.05, 4.69) is 28.5 Å². The molecule has 0 spiro atoms. The number of nitrogens with zero attached hydrogens (tertiary/aromatic N) is 3. The number of para-hydroxylation sites is 1. The smallest absolute Gasteiger partial charge is 0.261 e. The minimum absolute atomic E-state index is 0.278. The van der Waals surface area contributed by atoms with Gasteiger partial charge in [0.05, 0.1) is 10.4 Å². The molecule has 0 bridgehead atoms. The molecule has 0 radical (unpaired) electrons. The van der Waals surface area contributed by atoms with Crippen molar-refractivity contribution in [2.24, 2.45) is 11.8 Å². The fraction of sp³-hybridized carbons (Fsp3) is 0.429. The lowest BCUT2D eigenvalue weighted by Crippen LogP contribution is -2.12. The van der Waals surface area contributed by atoms with Gasteiger partial charge in [0.15, 0.2) is 0 Å². The Bertz CT molecular complexity index is 1510. The Balaban J connectivity index is 0.000000185. The van der Waals surface area contributed by atoms with Gasteiger partial charge in [-0.15, -0.1) is 0 Å². The van der Waals surface area contributed by atoms with Crippen LogP contribution in [0.25, 0.3) is 10.9 Å². The molecule has 42 heavy (non-hydrogen) atoms. The average Bonchev–Trinajstić information content (AvgIpc) is 2.98. The maximum absolute atomic E-state index is 12.2. The van der Waals surface area contributed by atoms with Crippen LogP contribution in [-0.2, 0) is 16.4 Å². The van der Waals surface area contributed by atoms with Crippen LogP contribution < -0.4 is 9.62 Å². The molecule has 0 unspecified atom stereocenters. The minimum atomic E-state index is -3.51. The second-order valence-electron chi connectivity index (χ2n) is 11.5. The summed E-state index contributed by atoms with van der Waals surface area (Å²) in [5.41, 5.74) is 3.74. The van der Waals surface area contributed by atoms with Gasteiger partial charge in [-0.05, 0) is 74.1 Å². The molecular weight excluding hydrogens is 540 g/mol. The van der Waals surface area contributed by atoms with E-state index in [-0.39, 0.29) is 4.90 Å². The van der Waals surface area contributed by atoms with Crippen LogP contribution in [0.5, 0.6) is 0 Å². The van der Waals surface area contributed by atoms with Crippen molar-refractivity contribution in [3.05, 3.63) is 89.7 Å². The van der Waals surface area contributed by atoms with Gasteiger partial charge in [-0.25, -0.2) is 18.4 Å². The largest absolute Gasteiger partial charge is 0.362 e. The first-order valence-electron chi connectivity index (χ1n) is 15.1. The Morgan fingerprint density at radius 1 is 0.857 bits per heavy atom.